The number of hydrogen-bond donors (Lipinski definition) is 1. The van der Waals surface area contributed by atoms with E-state index in [2.05, 4.69) is 16.7 Å². The zero-order valence-electron chi connectivity index (χ0n) is 9.51. The number of fused-ring (bicyclic) bond motifs is 1. The number of nitrogens with zero attached hydrogens (tertiary/aromatic N) is 2. The van der Waals surface area contributed by atoms with Crippen molar-refractivity contribution < 1.29 is 13.2 Å². The minimum absolute atomic E-state index is 0.0622. The van der Waals surface area contributed by atoms with Gasteiger partial charge in [-0.05, 0) is 6.92 Å². The first-order valence-corrected chi connectivity index (χ1v) is 5.13. The summed E-state index contributed by atoms with van der Waals surface area (Å²) in [5.41, 5.74) is -1.49. The summed E-state index contributed by atoms with van der Waals surface area (Å²) in [7, 11) is 0. The van der Waals surface area contributed by atoms with E-state index in [4.69, 9.17) is 0 Å². The molecule has 96 valence electrons. The summed E-state index contributed by atoms with van der Waals surface area (Å²) in [6.45, 7) is 5.18. The summed E-state index contributed by atoms with van der Waals surface area (Å²) in [6, 6.07) is 0.551. The molecule has 0 aliphatic carbocycles. The number of rotatable bonds is 2. The van der Waals surface area contributed by atoms with E-state index < -0.39 is 17.3 Å². The maximum Gasteiger partial charge on any atom is 0.417 e. The Balaban J connectivity index is 2.89. The van der Waals surface area contributed by atoms with E-state index in [1.165, 1.54) is 17.7 Å². The van der Waals surface area contributed by atoms with Crippen LogP contribution >= 0.6 is 0 Å². The highest BCUT2D eigenvalue weighted by Gasteiger charge is 2.35. The molecule has 0 aliphatic rings. The van der Waals surface area contributed by atoms with Gasteiger partial charge in [0.05, 0.1) is 23.2 Å². The molecular formula is C11H10F3N3O. The molecule has 0 atom stereocenters. The summed E-state index contributed by atoms with van der Waals surface area (Å²) >= 11 is 0. The number of alkyl halides is 3. The lowest BCUT2D eigenvalue weighted by Crippen LogP contribution is -2.14. The van der Waals surface area contributed by atoms with Crippen LogP contribution in [0.5, 0.6) is 0 Å². The van der Waals surface area contributed by atoms with Gasteiger partial charge < -0.3 is 4.98 Å². The van der Waals surface area contributed by atoms with Crippen molar-refractivity contribution in [1.82, 2.24) is 14.8 Å². The van der Waals surface area contributed by atoms with Crippen molar-refractivity contribution in [2.24, 2.45) is 0 Å². The molecule has 1 N–H and O–H groups in total. The molecule has 0 fully saturated rings. The third kappa shape index (κ3) is 1.92. The third-order valence-electron chi connectivity index (χ3n) is 2.52. The molecule has 0 amide bonds. The molecule has 0 aliphatic heterocycles. The molecule has 2 aromatic heterocycles. The first-order valence-electron chi connectivity index (χ1n) is 5.13. The van der Waals surface area contributed by atoms with Crippen molar-refractivity contribution in [3.63, 3.8) is 0 Å². The van der Waals surface area contributed by atoms with Crippen LogP contribution in [-0.2, 0) is 12.7 Å². The third-order valence-corrected chi connectivity index (χ3v) is 2.52. The highest BCUT2D eigenvalue weighted by molar-refractivity contribution is 5.82. The Hall–Kier alpha value is -2.05. The highest BCUT2D eigenvalue weighted by atomic mass is 19.4. The summed E-state index contributed by atoms with van der Waals surface area (Å²) in [6.07, 6.45) is -3.09. The van der Waals surface area contributed by atoms with Gasteiger partial charge in [0.25, 0.3) is 0 Å². The zero-order valence-corrected chi connectivity index (χ0v) is 9.51. The molecule has 0 bridgehead atoms. The second kappa shape index (κ2) is 4.01. The van der Waals surface area contributed by atoms with Crippen LogP contribution in [0.25, 0.3) is 11.0 Å². The Labute approximate surface area is 99.7 Å². The van der Waals surface area contributed by atoms with Gasteiger partial charge in [0.2, 0.25) is 5.56 Å². The first kappa shape index (κ1) is 12.4. The molecule has 0 saturated heterocycles. The van der Waals surface area contributed by atoms with Crippen LogP contribution in [0, 0.1) is 6.92 Å². The average Bonchev–Trinajstić information content (AvgIpc) is 2.54. The lowest BCUT2D eigenvalue weighted by Gasteiger charge is -2.07. The first-order chi connectivity index (χ1) is 8.34. The van der Waals surface area contributed by atoms with Crippen molar-refractivity contribution in [1.29, 1.82) is 0 Å². The van der Waals surface area contributed by atoms with Crippen LogP contribution in [0.15, 0.2) is 23.5 Å². The number of aromatic nitrogens is 3. The molecule has 2 heterocycles. The fourth-order valence-electron chi connectivity index (χ4n) is 1.86. The lowest BCUT2D eigenvalue weighted by molar-refractivity contribution is -0.136. The quantitative estimate of drug-likeness (QED) is 0.839. The molecule has 7 heteroatoms. The van der Waals surface area contributed by atoms with Crippen LogP contribution in [0.1, 0.15) is 11.3 Å². The van der Waals surface area contributed by atoms with Crippen molar-refractivity contribution >= 4 is 11.0 Å². The highest BCUT2D eigenvalue weighted by Crippen LogP contribution is 2.34. The van der Waals surface area contributed by atoms with Gasteiger partial charge in [-0.1, -0.05) is 6.08 Å². The SMILES string of the molecule is C=CCn1nc(C)c2c(C(F)(F)F)cc(=O)[nH]c21. The van der Waals surface area contributed by atoms with Gasteiger partial charge in [0.1, 0.15) is 5.65 Å². The van der Waals surface area contributed by atoms with Gasteiger partial charge in [-0.25, -0.2) is 4.68 Å². The monoisotopic (exact) mass is 257 g/mol. The van der Waals surface area contributed by atoms with E-state index in [0.717, 1.165) is 0 Å². The van der Waals surface area contributed by atoms with Crippen molar-refractivity contribution in [2.45, 2.75) is 19.6 Å². The van der Waals surface area contributed by atoms with Crippen molar-refractivity contribution in [3.8, 4) is 0 Å². The topological polar surface area (TPSA) is 50.7 Å². The summed E-state index contributed by atoms with van der Waals surface area (Å²) in [5.74, 6) is 0. The number of allylic oxidation sites excluding steroid dienone is 1. The fraction of sp³-hybridized carbons (Fsp3) is 0.273. The fourth-order valence-corrected chi connectivity index (χ4v) is 1.86. The lowest BCUT2D eigenvalue weighted by atomic mass is 10.1. The average molecular weight is 257 g/mol. The number of nitrogens with one attached hydrogen (secondary N) is 1. The maximum atomic E-state index is 12.9. The van der Waals surface area contributed by atoms with Crippen molar-refractivity contribution in [3.05, 3.63) is 40.3 Å². The smallest absolute Gasteiger partial charge is 0.307 e. The molecule has 2 rings (SSSR count). The number of H-pyrrole nitrogens is 1. The molecule has 0 radical (unpaired) electrons. The minimum atomic E-state index is -4.58. The predicted molar refractivity (Wildman–Crippen MR) is 60.3 cm³/mol. The molecule has 0 unspecified atom stereocenters. The molecule has 18 heavy (non-hydrogen) atoms. The Morgan fingerprint density at radius 2 is 2.22 bits per heavy atom. The molecule has 2 aromatic rings. The van der Waals surface area contributed by atoms with E-state index in [0.29, 0.717) is 6.07 Å². The Morgan fingerprint density at radius 3 is 2.78 bits per heavy atom. The standard InChI is InChI=1S/C11H10F3N3O/c1-3-4-17-10-9(6(2)16-17)7(11(12,13)14)5-8(18)15-10/h3,5H,1,4H2,2H3,(H,15,18). The second-order valence-corrected chi connectivity index (χ2v) is 3.82. The minimum Gasteiger partial charge on any atom is -0.307 e. The summed E-state index contributed by atoms with van der Waals surface area (Å²) < 4.78 is 39.9. The summed E-state index contributed by atoms with van der Waals surface area (Å²) in [4.78, 5) is 13.7. The van der Waals surface area contributed by atoms with Gasteiger partial charge in [-0.15, -0.1) is 6.58 Å². The van der Waals surface area contributed by atoms with E-state index in [9.17, 15) is 18.0 Å². The van der Waals surface area contributed by atoms with E-state index in [-0.39, 0.29) is 23.3 Å². The normalized spacial score (nSPS) is 12.0. The van der Waals surface area contributed by atoms with Crippen LogP contribution in [0.3, 0.4) is 0 Å². The molecule has 0 spiro atoms. The molecular weight excluding hydrogens is 247 g/mol. The Morgan fingerprint density at radius 1 is 1.56 bits per heavy atom. The van der Waals surface area contributed by atoms with Crippen LogP contribution in [0.4, 0.5) is 13.2 Å². The van der Waals surface area contributed by atoms with E-state index in [1.54, 1.807) is 0 Å². The molecule has 0 aromatic carbocycles. The predicted octanol–water partition coefficient (Wildman–Crippen LogP) is 2.24. The number of aromatic amines is 1. The van der Waals surface area contributed by atoms with Gasteiger partial charge >= 0.3 is 6.18 Å². The van der Waals surface area contributed by atoms with Gasteiger partial charge in [0, 0.05) is 6.07 Å². The largest absolute Gasteiger partial charge is 0.417 e. The van der Waals surface area contributed by atoms with E-state index in [1.807, 2.05) is 0 Å². The second-order valence-electron chi connectivity index (χ2n) is 3.82. The zero-order chi connectivity index (χ0) is 13.5. The molecule has 0 saturated carbocycles. The van der Waals surface area contributed by atoms with E-state index >= 15 is 0 Å². The van der Waals surface area contributed by atoms with Crippen LogP contribution in [-0.4, -0.2) is 14.8 Å². The Kier molecular flexibility index (Phi) is 2.76. The van der Waals surface area contributed by atoms with Crippen LogP contribution in [0.2, 0.25) is 0 Å². The van der Waals surface area contributed by atoms with Gasteiger partial charge in [-0.2, -0.15) is 18.3 Å². The van der Waals surface area contributed by atoms with Gasteiger partial charge in [0.15, 0.2) is 0 Å². The molecule has 4 nitrogen and oxygen atoms in total. The van der Waals surface area contributed by atoms with Gasteiger partial charge in [-0.3, -0.25) is 4.79 Å². The summed E-state index contributed by atoms with van der Waals surface area (Å²) in [5, 5.41) is 3.89. The Bertz CT molecular complexity index is 666. The maximum absolute atomic E-state index is 12.9. The van der Waals surface area contributed by atoms with Crippen molar-refractivity contribution in [2.75, 3.05) is 0 Å². The van der Waals surface area contributed by atoms with Crippen LogP contribution < -0.4 is 5.56 Å². The number of hydrogen-bond acceptors (Lipinski definition) is 2. The number of aryl methyl sites for hydroxylation is 1. The number of halogens is 3. The number of pyridine rings is 1.